The molecule has 0 amide bonds. The second-order valence-electron chi connectivity index (χ2n) is 6.80. The minimum Gasteiger partial charge on any atom is -0.310 e. The number of rotatable bonds is 4. The maximum Gasteiger partial charge on any atom is 0.123 e. The van der Waals surface area contributed by atoms with Gasteiger partial charge in [-0.15, -0.1) is 0 Å². The van der Waals surface area contributed by atoms with Gasteiger partial charge in [-0.3, -0.25) is 4.90 Å². The molecule has 108 valence electrons. The maximum atomic E-state index is 12.9. The molecule has 1 aliphatic heterocycles. The Hall–Kier alpha value is -0.930. The first kappa shape index (κ1) is 12.8. The number of nitrogens with one attached hydrogen (secondary N) is 1. The molecule has 1 aromatic carbocycles. The molecule has 20 heavy (non-hydrogen) atoms. The quantitative estimate of drug-likeness (QED) is 0.908. The van der Waals surface area contributed by atoms with Gasteiger partial charge >= 0.3 is 0 Å². The van der Waals surface area contributed by atoms with Crippen LogP contribution in [0.3, 0.4) is 0 Å². The Morgan fingerprint density at radius 2 is 1.75 bits per heavy atom. The fourth-order valence-electron chi connectivity index (χ4n) is 3.79. The largest absolute Gasteiger partial charge is 0.310 e. The van der Waals surface area contributed by atoms with Crippen LogP contribution in [0.15, 0.2) is 24.3 Å². The van der Waals surface area contributed by atoms with Crippen molar-refractivity contribution in [2.75, 3.05) is 13.1 Å². The molecule has 2 aliphatic carbocycles. The van der Waals surface area contributed by atoms with Crippen LogP contribution in [0.1, 0.15) is 43.6 Å². The summed E-state index contributed by atoms with van der Waals surface area (Å²) < 4.78 is 12.9. The molecule has 0 aromatic heterocycles. The average molecular weight is 274 g/mol. The van der Waals surface area contributed by atoms with E-state index in [1.54, 1.807) is 12.1 Å². The topological polar surface area (TPSA) is 15.3 Å². The van der Waals surface area contributed by atoms with E-state index in [4.69, 9.17) is 0 Å². The first-order chi connectivity index (χ1) is 9.78. The van der Waals surface area contributed by atoms with Crippen molar-refractivity contribution in [3.05, 3.63) is 35.6 Å². The van der Waals surface area contributed by atoms with Gasteiger partial charge in [-0.2, -0.15) is 0 Å². The van der Waals surface area contributed by atoms with Crippen molar-refractivity contribution < 1.29 is 4.39 Å². The van der Waals surface area contributed by atoms with Crippen LogP contribution in [-0.4, -0.2) is 36.1 Å². The van der Waals surface area contributed by atoms with E-state index in [9.17, 15) is 4.39 Å². The van der Waals surface area contributed by atoms with Crippen LogP contribution in [0.5, 0.6) is 0 Å². The van der Waals surface area contributed by atoms with E-state index in [0.29, 0.717) is 18.0 Å². The molecule has 3 aliphatic rings. The molecule has 0 bridgehead atoms. The molecule has 0 spiro atoms. The molecule has 1 unspecified atom stereocenters. The van der Waals surface area contributed by atoms with Gasteiger partial charge in [-0.05, 0) is 55.7 Å². The van der Waals surface area contributed by atoms with E-state index in [0.717, 1.165) is 6.04 Å². The first-order valence-electron chi connectivity index (χ1n) is 8.03. The third-order valence-corrected chi connectivity index (χ3v) is 5.23. The Morgan fingerprint density at radius 1 is 1.00 bits per heavy atom. The summed E-state index contributed by atoms with van der Waals surface area (Å²) in [6, 6.07) is 9.35. The van der Waals surface area contributed by atoms with Crippen LogP contribution in [0.25, 0.3) is 0 Å². The highest BCUT2D eigenvalue weighted by Gasteiger charge is 2.37. The second kappa shape index (κ2) is 5.12. The third-order valence-electron chi connectivity index (χ3n) is 5.23. The Kier molecular flexibility index (Phi) is 3.27. The number of hydrogen-bond donors (Lipinski definition) is 1. The summed E-state index contributed by atoms with van der Waals surface area (Å²) in [7, 11) is 0. The van der Waals surface area contributed by atoms with Crippen molar-refractivity contribution in [3.63, 3.8) is 0 Å². The van der Waals surface area contributed by atoms with Crippen molar-refractivity contribution in [1.29, 1.82) is 0 Å². The Bertz CT molecular complexity index is 462. The normalized spacial score (nSPS) is 34.1. The molecule has 3 fully saturated rings. The first-order valence-corrected chi connectivity index (χ1v) is 8.03. The summed E-state index contributed by atoms with van der Waals surface area (Å²) in [6.07, 6.45) is 6.58. The number of halogens is 1. The van der Waals surface area contributed by atoms with E-state index in [2.05, 4.69) is 10.2 Å². The fourth-order valence-corrected chi connectivity index (χ4v) is 3.79. The monoisotopic (exact) mass is 274 g/mol. The molecule has 1 aromatic rings. The predicted octanol–water partition coefficient (Wildman–Crippen LogP) is 2.90. The lowest BCUT2D eigenvalue weighted by atomic mass is 9.75. The van der Waals surface area contributed by atoms with Crippen molar-refractivity contribution in [2.45, 2.75) is 56.1 Å². The van der Waals surface area contributed by atoms with Crippen molar-refractivity contribution in [3.8, 4) is 0 Å². The molecule has 0 radical (unpaired) electrons. The van der Waals surface area contributed by atoms with Crippen LogP contribution in [0.2, 0.25) is 0 Å². The van der Waals surface area contributed by atoms with Gasteiger partial charge in [-0.1, -0.05) is 12.1 Å². The summed E-state index contributed by atoms with van der Waals surface area (Å²) >= 11 is 0. The lowest BCUT2D eigenvalue weighted by Crippen LogP contribution is -2.46. The van der Waals surface area contributed by atoms with Gasteiger partial charge in [0.1, 0.15) is 5.82 Å². The lowest BCUT2D eigenvalue weighted by molar-refractivity contribution is 0.255. The molecule has 1 atom stereocenters. The van der Waals surface area contributed by atoms with Crippen LogP contribution < -0.4 is 5.32 Å². The molecule has 1 saturated heterocycles. The zero-order chi connectivity index (χ0) is 13.5. The van der Waals surface area contributed by atoms with Crippen LogP contribution in [0.4, 0.5) is 4.39 Å². The predicted molar refractivity (Wildman–Crippen MR) is 78.3 cm³/mol. The molecule has 3 heteroatoms. The summed E-state index contributed by atoms with van der Waals surface area (Å²) in [5.41, 5.74) is 1.30. The molecule has 1 N–H and O–H groups in total. The standard InChI is InChI=1S/C17H23FN2/c18-14-3-1-12(2-4-14)13-9-16(10-13)19-15-7-8-20(11-15)17-5-6-17/h1-4,13,15-17,19H,5-11H2. The second-order valence-corrected chi connectivity index (χ2v) is 6.80. The molecule has 4 rings (SSSR count). The number of likely N-dealkylation sites (tertiary alicyclic amines) is 1. The molecule has 2 nitrogen and oxygen atoms in total. The van der Waals surface area contributed by atoms with Crippen LogP contribution in [0, 0.1) is 5.82 Å². The minimum atomic E-state index is -0.131. The zero-order valence-electron chi connectivity index (χ0n) is 11.9. The smallest absolute Gasteiger partial charge is 0.123 e. The van der Waals surface area contributed by atoms with E-state index in [-0.39, 0.29) is 5.82 Å². The summed E-state index contributed by atoms with van der Waals surface area (Å²) in [5, 5.41) is 3.82. The summed E-state index contributed by atoms with van der Waals surface area (Å²) in [5.74, 6) is 0.503. The third kappa shape index (κ3) is 2.61. The molecule has 1 heterocycles. The summed E-state index contributed by atoms with van der Waals surface area (Å²) in [6.45, 7) is 2.54. The Balaban J connectivity index is 1.24. The van der Waals surface area contributed by atoms with Crippen LogP contribution in [-0.2, 0) is 0 Å². The van der Waals surface area contributed by atoms with Crippen molar-refractivity contribution in [1.82, 2.24) is 10.2 Å². The Morgan fingerprint density at radius 3 is 2.45 bits per heavy atom. The zero-order valence-corrected chi connectivity index (χ0v) is 11.9. The van der Waals surface area contributed by atoms with Crippen LogP contribution >= 0.6 is 0 Å². The fraction of sp³-hybridized carbons (Fsp3) is 0.647. The van der Waals surface area contributed by atoms with Crippen molar-refractivity contribution in [2.24, 2.45) is 0 Å². The van der Waals surface area contributed by atoms with E-state index >= 15 is 0 Å². The number of benzene rings is 1. The highest BCUT2D eigenvalue weighted by molar-refractivity contribution is 5.23. The van der Waals surface area contributed by atoms with E-state index < -0.39 is 0 Å². The van der Waals surface area contributed by atoms with Gasteiger partial charge in [0.25, 0.3) is 0 Å². The van der Waals surface area contributed by atoms with Gasteiger partial charge in [0.05, 0.1) is 0 Å². The SMILES string of the molecule is Fc1ccc(C2CC(NC3CCN(C4CC4)C3)C2)cc1. The molecule has 2 saturated carbocycles. The molecular formula is C17H23FN2. The van der Waals surface area contributed by atoms with E-state index in [1.165, 1.54) is 50.8 Å². The highest BCUT2D eigenvalue weighted by Crippen LogP contribution is 2.38. The van der Waals surface area contributed by atoms with Gasteiger partial charge in [-0.25, -0.2) is 4.39 Å². The minimum absolute atomic E-state index is 0.131. The van der Waals surface area contributed by atoms with Gasteiger partial charge in [0, 0.05) is 31.2 Å². The van der Waals surface area contributed by atoms with E-state index in [1.807, 2.05) is 12.1 Å². The number of hydrogen-bond acceptors (Lipinski definition) is 2. The lowest BCUT2D eigenvalue weighted by Gasteiger charge is -2.38. The highest BCUT2D eigenvalue weighted by atomic mass is 19.1. The van der Waals surface area contributed by atoms with Crippen molar-refractivity contribution >= 4 is 0 Å². The summed E-state index contributed by atoms with van der Waals surface area (Å²) in [4.78, 5) is 2.66. The maximum absolute atomic E-state index is 12.9. The number of nitrogens with zero attached hydrogens (tertiary/aromatic N) is 1. The van der Waals surface area contributed by atoms with Gasteiger partial charge in [0.2, 0.25) is 0 Å². The average Bonchev–Trinajstić information content (AvgIpc) is 3.15. The van der Waals surface area contributed by atoms with Gasteiger partial charge in [0.15, 0.2) is 0 Å². The Labute approximate surface area is 120 Å². The van der Waals surface area contributed by atoms with Gasteiger partial charge < -0.3 is 5.32 Å². The molecular weight excluding hydrogens is 251 g/mol.